The van der Waals surface area contributed by atoms with Crippen molar-refractivity contribution in [3.05, 3.63) is 23.2 Å². The van der Waals surface area contributed by atoms with Crippen molar-refractivity contribution in [1.29, 1.82) is 0 Å². The van der Waals surface area contributed by atoms with E-state index in [2.05, 4.69) is 5.32 Å². The van der Waals surface area contributed by atoms with Crippen LogP contribution >= 0.6 is 11.6 Å². The monoisotopic (exact) mass is 311 g/mol. The van der Waals surface area contributed by atoms with E-state index in [4.69, 9.17) is 16.3 Å². The van der Waals surface area contributed by atoms with Crippen LogP contribution in [0, 0.1) is 11.8 Å². The zero-order chi connectivity index (χ0) is 15.4. The van der Waals surface area contributed by atoms with Gasteiger partial charge < -0.3 is 15.2 Å². The number of anilines is 1. The standard InChI is InChI=1S/C15H18ClNO4/c1-21-13-7-6-9(16)8-12(13)17-14(18)10-4-2-3-5-11(10)15(19)20/h6-8,10-11H,2-5H2,1H3,(H,17,18)(H,19,20). The first-order valence-corrected chi connectivity index (χ1v) is 7.28. The molecule has 1 amide bonds. The molecule has 1 aliphatic rings. The highest BCUT2D eigenvalue weighted by Gasteiger charge is 2.35. The van der Waals surface area contributed by atoms with Crippen LogP contribution in [-0.4, -0.2) is 24.1 Å². The lowest BCUT2D eigenvalue weighted by Gasteiger charge is -2.27. The molecule has 0 bridgehead atoms. The zero-order valence-corrected chi connectivity index (χ0v) is 12.5. The van der Waals surface area contributed by atoms with E-state index in [-0.39, 0.29) is 5.91 Å². The highest BCUT2D eigenvalue weighted by molar-refractivity contribution is 6.31. The predicted molar refractivity (Wildman–Crippen MR) is 79.7 cm³/mol. The number of carboxylic acid groups (broad SMARTS) is 1. The Labute approximate surface area is 128 Å². The van der Waals surface area contributed by atoms with Gasteiger partial charge in [-0.3, -0.25) is 9.59 Å². The van der Waals surface area contributed by atoms with Crippen molar-refractivity contribution in [3.8, 4) is 5.75 Å². The molecule has 2 atom stereocenters. The molecule has 2 N–H and O–H groups in total. The van der Waals surface area contributed by atoms with Gasteiger partial charge in [0.2, 0.25) is 5.91 Å². The Morgan fingerprint density at radius 1 is 1.29 bits per heavy atom. The Morgan fingerprint density at radius 2 is 1.95 bits per heavy atom. The second kappa shape index (κ2) is 6.80. The van der Waals surface area contributed by atoms with Crippen LogP contribution in [0.25, 0.3) is 0 Å². The van der Waals surface area contributed by atoms with E-state index in [1.54, 1.807) is 18.2 Å². The van der Waals surface area contributed by atoms with E-state index in [1.165, 1.54) is 7.11 Å². The number of hydrogen-bond donors (Lipinski definition) is 2. The van der Waals surface area contributed by atoms with E-state index in [9.17, 15) is 14.7 Å². The number of nitrogens with one attached hydrogen (secondary N) is 1. The van der Waals surface area contributed by atoms with E-state index < -0.39 is 17.8 Å². The Morgan fingerprint density at radius 3 is 2.57 bits per heavy atom. The first-order chi connectivity index (χ1) is 10.0. The van der Waals surface area contributed by atoms with Crippen LogP contribution in [-0.2, 0) is 9.59 Å². The van der Waals surface area contributed by atoms with Gasteiger partial charge in [-0.15, -0.1) is 0 Å². The summed E-state index contributed by atoms with van der Waals surface area (Å²) in [4.78, 5) is 23.7. The Hall–Kier alpha value is -1.75. The number of ether oxygens (including phenoxy) is 1. The van der Waals surface area contributed by atoms with E-state index in [0.717, 1.165) is 12.8 Å². The van der Waals surface area contributed by atoms with E-state index >= 15 is 0 Å². The number of carbonyl (C=O) groups is 2. The van der Waals surface area contributed by atoms with Crippen molar-refractivity contribution < 1.29 is 19.4 Å². The summed E-state index contributed by atoms with van der Waals surface area (Å²) in [6.45, 7) is 0. The Bertz CT molecular complexity index is 546. The molecular weight excluding hydrogens is 294 g/mol. The number of carboxylic acids is 1. The van der Waals surface area contributed by atoms with Crippen molar-refractivity contribution in [2.24, 2.45) is 11.8 Å². The molecule has 114 valence electrons. The molecule has 0 aliphatic heterocycles. The molecule has 2 rings (SSSR count). The fraction of sp³-hybridized carbons (Fsp3) is 0.467. The summed E-state index contributed by atoms with van der Waals surface area (Å²) in [5.41, 5.74) is 0.463. The molecule has 21 heavy (non-hydrogen) atoms. The van der Waals surface area contributed by atoms with E-state index in [1.807, 2.05) is 0 Å². The summed E-state index contributed by atoms with van der Waals surface area (Å²) >= 11 is 5.92. The second-order valence-electron chi connectivity index (χ2n) is 5.17. The van der Waals surface area contributed by atoms with Gasteiger partial charge in [0.05, 0.1) is 24.6 Å². The maximum atomic E-state index is 12.4. The Kier molecular flexibility index (Phi) is 5.07. The van der Waals surface area contributed by atoms with Crippen LogP contribution in [0.15, 0.2) is 18.2 Å². The quantitative estimate of drug-likeness (QED) is 0.895. The lowest BCUT2D eigenvalue weighted by molar-refractivity contribution is -0.147. The Balaban J connectivity index is 2.16. The zero-order valence-electron chi connectivity index (χ0n) is 11.8. The highest BCUT2D eigenvalue weighted by atomic mass is 35.5. The van der Waals surface area contributed by atoms with Crippen LogP contribution in [0.2, 0.25) is 5.02 Å². The number of benzene rings is 1. The van der Waals surface area contributed by atoms with Crippen LogP contribution in [0.5, 0.6) is 5.75 Å². The number of hydrogen-bond acceptors (Lipinski definition) is 3. The molecular formula is C15H18ClNO4. The van der Waals surface area contributed by atoms with Crippen molar-refractivity contribution in [1.82, 2.24) is 0 Å². The van der Waals surface area contributed by atoms with Gasteiger partial charge in [0.1, 0.15) is 5.75 Å². The average Bonchev–Trinajstić information content (AvgIpc) is 2.47. The molecule has 1 aromatic rings. The number of amides is 1. The minimum atomic E-state index is -0.909. The molecule has 0 radical (unpaired) electrons. The van der Waals surface area contributed by atoms with Crippen molar-refractivity contribution >= 4 is 29.2 Å². The average molecular weight is 312 g/mol. The third kappa shape index (κ3) is 3.67. The predicted octanol–water partition coefficient (Wildman–Crippen LogP) is 3.18. The summed E-state index contributed by atoms with van der Waals surface area (Å²) in [5, 5.41) is 12.5. The molecule has 1 fully saturated rings. The molecule has 1 aliphatic carbocycles. The molecule has 1 aromatic carbocycles. The molecule has 1 saturated carbocycles. The minimum absolute atomic E-state index is 0.289. The maximum absolute atomic E-state index is 12.4. The van der Waals surface area contributed by atoms with Gasteiger partial charge in [0, 0.05) is 5.02 Å². The van der Waals surface area contributed by atoms with Crippen molar-refractivity contribution in [2.75, 3.05) is 12.4 Å². The molecule has 6 heteroatoms. The molecule has 5 nitrogen and oxygen atoms in total. The summed E-state index contributed by atoms with van der Waals surface area (Å²) in [7, 11) is 1.50. The smallest absolute Gasteiger partial charge is 0.307 e. The third-order valence-corrected chi connectivity index (χ3v) is 4.07. The summed E-state index contributed by atoms with van der Waals surface area (Å²) < 4.78 is 5.17. The molecule has 0 saturated heterocycles. The third-order valence-electron chi connectivity index (χ3n) is 3.84. The summed E-state index contributed by atoms with van der Waals surface area (Å²) in [6, 6.07) is 4.92. The summed E-state index contributed by atoms with van der Waals surface area (Å²) in [5.74, 6) is -1.84. The fourth-order valence-electron chi connectivity index (χ4n) is 2.74. The molecule has 2 unspecified atom stereocenters. The first kappa shape index (κ1) is 15.6. The van der Waals surface area contributed by atoms with Crippen LogP contribution in [0.1, 0.15) is 25.7 Å². The minimum Gasteiger partial charge on any atom is -0.495 e. The second-order valence-corrected chi connectivity index (χ2v) is 5.61. The van der Waals surface area contributed by atoms with Gasteiger partial charge in [0.15, 0.2) is 0 Å². The first-order valence-electron chi connectivity index (χ1n) is 6.90. The van der Waals surface area contributed by atoms with Crippen molar-refractivity contribution in [3.63, 3.8) is 0 Å². The lowest BCUT2D eigenvalue weighted by atomic mass is 9.78. The highest BCUT2D eigenvalue weighted by Crippen LogP contribution is 2.33. The van der Waals surface area contributed by atoms with Crippen LogP contribution in [0.4, 0.5) is 5.69 Å². The van der Waals surface area contributed by atoms with Gasteiger partial charge >= 0.3 is 5.97 Å². The van der Waals surface area contributed by atoms with E-state index in [0.29, 0.717) is 29.3 Å². The summed E-state index contributed by atoms with van der Waals surface area (Å²) in [6.07, 6.45) is 2.85. The SMILES string of the molecule is COc1ccc(Cl)cc1NC(=O)C1CCCCC1C(=O)O. The van der Waals surface area contributed by atoms with Gasteiger partial charge in [-0.05, 0) is 31.0 Å². The largest absolute Gasteiger partial charge is 0.495 e. The van der Waals surface area contributed by atoms with Gasteiger partial charge in [-0.1, -0.05) is 24.4 Å². The van der Waals surface area contributed by atoms with Crippen molar-refractivity contribution in [2.45, 2.75) is 25.7 Å². The molecule has 0 heterocycles. The number of halogens is 1. The number of carbonyl (C=O) groups excluding carboxylic acids is 1. The fourth-order valence-corrected chi connectivity index (χ4v) is 2.92. The van der Waals surface area contributed by atoms with Gasteiger partial charge in [0.25, 0.3) is 0 Å². The van der Waals surface area contributed by atoms with Crippen LogP contribution < -0.4 is 10.1 Å². The maximum Gasteiger partial charge on any atom is 0.307 e. The molecule has 0 spiro atoms. The normalized spacial score (nSPS) is 21.6. The topological polar surface area (TPSA) is 75.6 Å². The lowest BCUT2D eigenvalue weighted by Crippen LogP contribution is -2.36. The van der Waals surface area contributed by atoms with Gasteiger partial charge in [-0.25, -0.2) is 0 Å². The number of rotatable bonds is 4. The molecule has 0 aromatic heterocycles. The van der Waals surface area contributed by atoms with Gasteiger partial charge in [-0.2, -0.15) is 0 Å². The number of methoxy groups -OCH3 is 1. The number of aliphatic carboxylic acids is 1. The van der Waals surface area contributed by atoms with Crippen LogP contribution in [0.3, 0.4) is 0 Å².